The number of hydrogen-bond acceptors (Lipinski definition) is 3. The van der Waals surface area contributed by atoms with Gasteiger partial charge in [0.25, 0.3) is 11.5 Å². The summed E-state index contributed by atoms with van der Waals surface area (Å²) in [6.07, 6.45) is 3.44. The van der Waals surface area contributed by atoms with Gasteiger partial charge in [0.2, 0.25) is 0 Å². The molecule has 0 aromatic carbocycles. The zero-order valence-corrected chi connectivity index (χ0v) is 13.0. The van der Waals surface area contributed by atoms with Crippen LogP contribution in [-0.2, 0) is 13.5 Å². The molecule has 5 heteroatoms. The van der Waals surface area contributed by atoms with Gasteiger partial charge in [0.15, 0.2) is 0 Å². The molecule has 0 saturated carbocycles. The van der Waals surface area contributed by atoms with Crippen LogP contribution in [0.5, 0.6) is 0 Å². The summed E-state index contributed by atoms with van der Waals surface area (Å²) in [6, 6.07) is 5.40. The van der Waals surface area contributed by atoms with Crippen LogP contribution in [0, 0.1) is 0 Å². The van der Waals surface area contributed by atoms with E-state index in [9.17, 15) is 9.59 Å². The molecule has 0 aliphatic carbocycles. The quantitative estimate of drug-likeness (QED) is 0.856. The van der Waals surface area contributed by atoms with E-state index in [2.05, 4.69) is 18.4 Å². The Morgan fingerprint density at radius 2 is 2.24 bits per heavy atom. The van der Waals surface area contributed by atoms with Crippen molar-refractivity contribution in [2.45, 2.75) is 25.8 Å². The summed E-state index contributed by atoms with van der Waals surface area (Å²) < 4.78 is 1.47. The number of aryl methyl sites for hydroxylation is 1. The topological polar surface area (TPSA) is 42.3 Å². The molecular weight excluding hydrogens is 284 g/mol. The van der Waals surface area contributed by atoms with Crippen molar-refractivity contribution in [2.24, 2.45) is 7.05 Å². The Morgan fingerprint density at radius 3 is 2.95 bits per heavy atom. The number of nitrogens with zero attached hydrogens (tertiary/aromatic N) is 2. The Bertz CT molecular complexity index is 732. The van der Waals surface area contributed by atoms with Crippen molar-refractivity contribution in [2.75, 3.05) is 6.54 Å². The van der Waals surface area contributed by atoms with Crippen LogP contribution in [-0.4, -0.2) is 21.9 Å². The van der Waals surface area contributed by atoms with Gasteiger partial charge < -0.3 is 9.47 Å². The molecule has 3 rings (SSSR count). The first-order valence-corrected chi connectivity index (χ1v) is 8.03. The zero-order chi connectivity index (χ0) is 15.0. The van der Waals surface area contributed by atoms with Gasteiger partial charge >= 0.3 is 0 Å². The van der Waals surface area contributed by atoms with Crippen LogP contribution < -0.4 is 5.56 Å². The Labute approximate surface area is 127 Å². The lowest BCUT2D eigenvalue weighted by Crippen LogP contribution is -2.39. The van der Waals surface area contributed by atoms with E-state index in [4.69, 9.17) is 0 Å². The maximum absolute atomic E-state index is 12.7. The molecule has 1 aliphatic rings. The minimum absolute atomic E-state index is 0.0450. The molecule has 1 amide bonds. The summed E-state index contributed by atoms with van der Waals surface area (Å²) in [5, 5.41) is 2.10. The number of amides is 1. The van der Waals surface area contributed by atoms with Crippen molar-refractivity contribution in [3.63, 3.8) is 0 Å². The Kier molecular flexibility index (Phi) is 3.68. The van der Waals surface area contributed by atoms with E-state index in [-0.39, 0.29) is 17.5 Å². The number of rotatable bonds is 2. The van der Waals surface area contributed by atoms with Crippen molar-refractivity contribution >= 4 is 17.2 Å². The monoisotopic (exact) mass is 302 g/mol. The Hall–Kier alpha value is -1.88. The number of carbonyl (C=O) groups excluding carboxylic acids is 1. The molecule has 0 fully saturated rings. The number of aromatic nitrogens is 1. The minimum Gasteiger partial charge on any atom is -0.331 e. The van der Waals surface area contributed by atoms with Crippen molar-refractivity contribution in [3.05, 3.63) is 56.1 Å². The van der Waals surface area contributed by atoms with Crippen molar-refractivity contribution in [1.82, 2.24) is 9.47 Å². The molecule has 0 saturated heterocycles. The highest BCUT2D eigenvalue weighted by molar-refractivity contribution is 7.10. The summed E-state index contributed by atoms with van der Waals surface area (Å²) in [7, 11) is 1.68. The van der Waals surface area contributed by atoms with E-state index >= 15 is 0 Å². The third-order valence-electron chi connectivity index (χ3n) is 4.09. The summed E-state index contributed by atoms with van der Waals surface area (Å²) in [5.41, 5.74) is 1.60. The molecule has 2 aromatic heterocycles. The van der Waals surface area contributed by atoms with Gasteiger partial charge in [0.1, 0.15) is 0 Å². The van der Waals surface area contributed by atoms with Gasteiger partial charge in [0.05, 0.1) is 6.04 Å². The van der Waals surface area contributed by atoms with Crippen LogP contribution in [0.25, 0.3) is 0 Å². The number of hydrogen-bond donors (Lipinski definition) is 0. The molecule has 0 radical (unpaired) electrons. The maximum Gasteiger partial charge on any atom is 0.254 e. The fourth-order valence-electron chi connectivity index (χ4n) is 2.93. The predicted molar refractivity (Wildman–Crippen MR) is 83.8 cm³/mol. The molecule has 3 heterocycles. The largest absolute Gasteiger partial charge is 0.331 e. The second-order valence-electron chi connectivity index (χ2n) is 5.34. The standard InChI is InChI=1S/C16H18N2O2S/c1-3-13-12-6-9-21-14(12)5-8-18(13)16(20)11-4-7-17(2)15(19)10-11/h4,6-7,9-10,13H,3,5,8H2,1-2H3. The first-order valence-electron chi connectivity index (χ1n) is 7.15. The average Bonchev–Trinajstić information content (AvgIpc) is 2.96. The first kappa shape index (κ1) is 14.1. The van der Waals surface area contributed by atoms with E-state index in [0.29, 0.717) is 5.56 Å². The Morgan fingerprint density at radius 1 is 1.43 bits per heavy atom. The predicted octanol–water partition coefficient (Wildman–Crippen LogP) is 2.60. The molecule has 1 unspecified atom stereocenters. The molecule has 0 N–H and O–H groups in total. The van der Waals surface area contributed by atoms with Crippen LogP contribution in [0.3, 0.4) is 0 Å². The molecular formula is C16H18N2O2S. The van der Waals surface area contributed by atoms with Gasteiger partial charge in [-0.15, -0.1) is 11.3 Å². The zero-order valence-electron chi connectivity index (χ0n) is 12.2. The van der Waals surface area contributed by atoms with E-state index in [1.807, 2.05) is 4.90 Å². The Balaban J connectivity index is 1.94. The van der Waals surface area contributed by atoms with Gasteiger partial charge in [-0.2, -0.15) is 0 Å². The van der Waals surface area contributed by atoms with E-state index < -0.39 is 0 Å². The molecule has 1 atom stereocenters. The fourth-order valence-corrected chi connectivity index (χ4v) is 3.86. The lowest BCUT2D eigenvalue weighted by atomic mass is 9.97. The molecule has 110 valence electrons. The highest BCUT2D eigenvalue weighted by atomic mass is 32.1. The molecule has 2 aromatic rings. The van der Waals surface area contributed by atoms with Crippen molar-refractivity contribution in [3.8, 4) is 0 Å². The SMILES string of the molecule is CCC1c2ccsc2CCN1C(=O)c1ccn(C)c(=O)c1. The third-order valence-corrected chi connectivity index (χ3v) is 5.09. The maximum atomic E-state index is 12.7. The van der Waals surface area contributed by atoms with Gasteiger partial charge in [-0.3, -0.25) is 9.59 Å². The highest BCUT2D eigenvalue weighted by Crippen LogP contribution is 2.35. The number of carbonyl (C=O) groups is 1. The summed E-state index contributed by atoms with van der Waals surface area (Å²) in [6.45, 7) is 2.82. The average molecular weight is 302 g/mol. The van der Waals surface area contributed by atoms with Crippen molar-refractivity contribution in [1.29, 1.82) is 0 Å². The van der Waals surface area contributed by atoms with Crippen LogP contribution in [0.15, 0.2) is 34.6 Å². The number of pyridine rings is 1. The third kappa shape index (κ3) is 2.42. The van der Waals surface area contributed by atoms with Crippen LogP contribution >= 0.6 is 11.3 Å². The summed E-state index contributed by atoms with van der Waals surface area (Å²) in [4.78, 5) is 27.8. The number of fused-ring (bicyclic) bond motifs is 1. The summed E-state index contributed by atoms with van der Waals surface area (Å²) in [5.74, 6) is -0.0450. The van der Waals surface area contributed by atoms with Gasteiger partial charge in [-0.25, -0.2) is 0 Å². The smallest absolute Gasteiger partial charge is 0.254 e. The van der Waals surface area contributed by atoms with Gasteiger partial charge in [0, 0.05) is 36.3 Å². The normalized spacial score (nSPS) is 17.6. The lowest BCUT2D eigenvalue weighted by molar-refractivity contribution is 0.0657. The molecule has 4 nitrogen and oxygen atoms in total. The highest BCUT2D eigenvalue weighted by Gasteiger charge is 2.30. The molecule has 0 spiro atoms. The van der Waals surface area contributed by atoms with E-state index in [0.717, 1.165) is 19.4 Å². The summed E-state index contributed by atoms with van der Waals surface area (Å²) >= 11 is 1.77. The second-order valence-corrected chi connectivity index (χ2v) is 6.34. The van der Waals surface area contributed by atoms with E-state index in [1.165, 1.54) is 21.1 Å². The van der Waals surface area contributed by atoms with Crippen LogP contribution in [0.2, 0.25) is 0 Å². The molecule has 1 aliphatic heterocycles. The first-order chi connectivity index (χ1) is 10.1. The fraction of sp³-hybridized carbons (Fsp3) is 0.375. The molecule has 0 bridgehead atoms. The van der Waals surface area contributed by atoms with Gasteiger partial charge in [-0.05, 0) is 35.9 Å². The van der Waals surface area contributed by atoms with Crippen LogP contribution in [0.4, 0.5) is 0 Å². The van der Waals surface area contributed by atoms with Crippen molar-refractivity contribution < 1.29 is 4.79 Å². The van der Waals surface area contributed by atoms with Gasteiger partial charge in [-0.1, -0.05) is 6.92 Å². The lowest BCUT2D eigenvalue weighted by Gasteiger charge is -2.35. The number of thiophene rings is 1. The van der Waals surface area contributed by atoms with E-state index in [1.54, 1.807) is 30.6 Å². The van der Waals surface area contributed by atoms with Crippen LogP contribution in [0.1, 0.15) is 40.2 Å². The molecule has 21 heavy (non-hydrogen) atoms. The second kappa shape index (κ2) is 5.48. The minimum atomic E-state index is -0.151.